The van der Waals surface area contributed by atoms with Crippen molar-refractivity contribution < 1.29 is 8.42 Å². The summed E-state index contributed by atoms with van der Waals surface area (Å²) in [6.07, 6.45) is 0. The number of benzene rings is 3. The summed E-state index contributed by atoms with van der Waals surface area (Å²) in [6.45, 7) is 5.95. The molecule has 3 rings (SSSR count). The lowest BCUT2D eigenvalue weighted by molar-refractivity contribution is 0.602. The summed E-state index contributed by atoms with van der Waals surface area (Å²) in [4.78, 5) is 1.49. The zero-order valence-electron chi connectivity index (χ0n) is 16.3. The highest BCUT2D eigenvalue weighted by atomic mass is 32.2. The lowest BCUT2D eigenvalue weighted by Crippen LogP contribution is -2.34. The zero-order chi connectivity index (χ0) is 20.1. The molecule has 3 nitrogen and oxygen atoms in total. The van der Waals surface area contributed by atoms with E-state index in [1.807, 2.05) is 99.6 Å². The predicted octanol–water partition coefficient (Wildman–Crippen LogP) is 4.85. The standard InChI is InChI=1S/C23H25NO2S2/c1-17-9-13-21(14-10-17)27(25)19(3)23(20-7-5-4-6-8-20)24-28(26)22-15-11-18(2)12-16-22/h4-16,19,23-24H,1-3H3/t19-,23-,27+,28-/m0/s1. The maximum Gasteiger partial charge on any atom is 0.125 e. The quantitative estimate of drug-likeness (QED) is 0.604. The van der Waals surface area contributed by atoms with Gasteiger partial charge in [0.2, 0.25) is 0 Å². The molecule has 0 bridgehead atoms. The molecule has 5 heteroatoms. The van der Waals surface area contributed by atoms with Crippen molar-refractivity contribution in [1.82, 2.24) is 4.72 Å². The highest BCUT2D eigenvalue weighted by Crippen LogP contribution is 2.26. The Labute approximate surface area is 172 Å². The predicted molar refractivity (Wildman–Crippen MR) is 117 cm³/mol. The summed E-state index contributed by atoms with van der Waals surface area (Å²) in [5.74, 6) is 0. The van der Waals surface area contributed by atoms with Crippen LogP contribution in [0.1, 0.15) is 29.7 Å². The molecular weight excluding hydrogens is 386 g/mol. The van der Waals surface area contributed by atoms with Gasteiger partial charge in [-0.05, 0) is 50.6 Å². The SMILES string of the molecule is Cc1ccc([S@](=O)N[C@H](c2ccccc2)[C@H](C)[S@@](=O)c2ccc(C)cc2)cc1. The van der Waals surface area contributed by atoms with Gasteiger partial charge in [0.1, 0.15) is 11.0 Å². The summed E-state index contributed by atoms with van der Waals surface area (Å²) in [7, 11) is -2.64. The molecule has 0 aromatic heterocycles. The van der Waals surface area contributed by atoms with Crippen molar-refractivity contribution in [2.24, 2.45) is 0 Å². The number of aryl methyl sites for hydroxylation is 2. The van der Waals surface area contributed by atoms with Gasteiger partial charge >= 0.3 is 0 Å². The highest BCUT2D eigenvalue weighted by molar-refractivity contribution is 7.86. The first-order valence-electron chi connectivity index (χ1n) is 9.22. The van der Waals surface area contributed by atoms with Crippen molar-refractivity contribution in [2.45, 2.75) is 41.9 Å². The summed E-state index contributed by atoms with van der Waals surface area (Å²) in [5.41, 5.74) is 3.22. The molecule has 0 unspecified atom stereocenters. The second-order valence-electron chi connectivity index (χ2n) is 6.90. The molecule has 0 saturated carbocycles. The molecule has 0 aliphatic carbocycles. The highest BCUT2D eigenvalue weighted by Gasteiger charge is 2.27. The van der Waals surface area contributed by atoms with Gasteiger partial charge in [-0.25, -0.2) is 8.93 Å². The molecule has 0 aliphatic rings. The van der Waals surface area contributed by atoms with E-state index >= 15 is 0 Å². The molecule has 0 fully saturated rings. The van der Waals surface area contributed by atoms with Crippen LogP contribution in [0.25, 0.3) is 0 Å². The molecule has 0 radical (unpaired) electrons. The Balaban J connectivity index is 1.88. The van der Waals surface area contributed by atoms with E-state index in [9.17, 15) is 8.42 Å². The third kappa shape index (κ3) is 5.04. The fraction of sp³-hybridized carbons (Fsp3) is 0.217. The van der Waals surface area contributed by atoms with Gasteiger partial charge < -0.3 is 0 Å². The first-order valence-corrected chi connectivity index (χ1v) is 11.6. The third-order valence-corrected chi connectivity index (χ3v) is 7.54. The molecule has 0 spiro atoms. The van der Waals surface area contributed by atoms with Crippen LogP contribution in [0.3, 0.4) is 0 Å². The minimum atomic E-state index is -1.40. The number of rotatable bonds is 7. The van der Waals surface area contributed by atoms with Gasteiger partial charge in [-0.2, -0.15) is 0 Å². The Morgan fingerprint density at radius 2 is 1.21 bits per heavy atom. The molecule has 0 amide bonds. The van der Waals surface area contributed by atoms with Gasteiger partial charge in [-0.1, -0.05) is 65.7 Å². The van der Waals surface area contributed by atoms with Crippen LogP contribution in [0.5, 0.6) is 0 Å². The van der Waals surface area contributed by atoms with E-state index in [-0.39, 0.29) is 11.3 Å². The summed E-state index contributed by atoms with van der Waals surface area (Å²) >= 11 is 0. The largest absolute Gasteiger partial charge is 0.254 e. The Hall–Kier alpha value is -2.08. The van der Waals surface area contributed by atoms with E-state index < -0.39 is 21.8 Å². The van der Waals surface area contributed by atoms with E-state index in [1.165, 1.54) is 0 Å². The monoisotopic (exact) mass is 411 g/mol. The van der Waals surface area contributed by atoms with Gasteiger partial charge in [0.25, 0.3) is 0 Å². The summed E-state index contributed by atoms with van der Waals surface area (Å²) in [5, 5.41) is -0.264. The molecule has 28 heavy (non-hydrogen) atoms. The molecule has 1 N–H and O–H groups in total. The number of hydrogen-bond donors (Lipinski definition) is 1. The maximum absolute atomic E-state index is 13.2. The summed E-state index contributed by atoms with van der Waals surface area (Å²) in [6, 6.07) is 24.8. The van der Waals surface area contributed by atoms with Crippen molar-refractivity contribution in [3.63, 3.8) is 0 Å². The molecule has 0 aliphatic heterocycles. The average Bonchev–Trinajstić information content (AvgIpc) is 2.72. The van der Waals surface area contributed by atoms with E-state index in [2.05, 4.69) is 4.72 Å². The Morgan fingerprint density at radius 3 is 1.75 bits per heavy atom. The molecule has 0 heterocycles. The van der Waals surface area contributed by atoms with Crippen LogP contribution >= 0.6 is 0 Å². The van der Waals surface area contributed by atoms with Crippen LogP contribution in [0, 0.1) is 13.8 Å². The second-order valence-corrected chi connectivity index (χ2v) is 9.96. The fourth-order valence-corrected chi connectivity index (χ4v) is 5.43. The molecule has 3 aromatic rings. The van der Waals surface area contributed by atoms with E-state index in [4.69, 9.17) is 0 Å². The number of nitrogens with one attached hydrogen (secondary N) is 1. The fourth-order valence-electron chi connectivity index (χ4n) is 2.95. The Morgan fingerprint density at radius 1 is 0.714 bits per heavy atom. The Kier molecular flexibility index (Phi) is 6.94. The van der Waals surface area contributed by atoms with Crippen LogP contribution in [0.2, 0.25) is 0 Å². The Bertz CT molecular complexity index is 954. The van der Waals surface area contributed by atoms with Crippen molar-refractivity contribution >= 4 is 21.8 Å². The van der Waals surface area contributed by atoms with Crippen LogP contribution < -0.4 is 4.72 Å². The van der Waals surface area contributed by atoms with Crippen molar-refractivity contribution in [3.8, 4) is 0 Å². The van der Waals surface area contributed by atoms with Crippen LogP contribution in [0.4, 0.5) is 0 Å². The van der Waals surface area contributed by atoms with Crippen LogP contribution in [-0.4, -0.2) is 13.7 Å². The van der Waals surface area contributed by atoms with Crippen molar-refractivity contribution in [3.05, 3.63) is 95.6 Å². The molecular formula is C23H25NO2S2. The van der Waals surface area contributed by atoms with Crippen LogP contribution in [0.15, 0.2) is 88.7 Å². The van der Waals surface area contributed by atoms with Crippen LogP contribution in [-0.2, 0) is 21.8 Å². The smallest absolute Gasteiger partial charge is 0.125 e. The number of hydrogen-bond acceptors (Lipinski definition) is 2. The van der Waals surface area contributed by atoms with E-state index in [0.717, 1.165) is 21.6 Å². The minimum Gasteiger partial charge on any atom is -0.254 e. The maximum atomic E-state index is 13.2. The van der Waals surface area contributed by atoms with Crippen molar-refractivity contribution in [1.29, 1.82) is 0 Å². The molecule has 3 aromatic carbocycles. The first-order chi connectivity index (χ1) is 13.5. The molecule has 4 atom stereocenters. The average molecular weight is 412 g/mol. The zero-order valence-corrected chi connectivity index (χ0v) is 17.9. The molecule has 146 valence electrons. The van der Waals surface area contributed by atoms with E-state index in [0.29, 0.717) is 4.90 Å². The van der Waals surface area contributed by atoms with E-state index in [1.54, 1.807) is 0 Å². The van der Waals surface area contributed by atoms with Gasteiger partial charge in [-0.15, -0.1) is 0 Å². The second kappa shape index (κ2) is 9.41. The van der Waals surface area contributed by atoms with Gasteiger partial charge in [0.15, 0.2) is 0 Å². The third-order valence-electron chi connectivity index (χ3n) is 4.69. The van der Waals surface area contributed by atoms with Gasteiger partial charge in [0, 0.05) is 4.90 Å². The van der Waals surface area contributed by atoms with Gasteiger partial charge in [0.05, 0.1) is 27.0 Å². The summed E-state index contributed by atoms with van der Waals surface area (Å²) < 4.78 is 29.4. The van der Waals surface area contributed by atoms with Crippen molar-refractivity contribution in [2.75, 3.05) is 0 Å². The first kappa shape index (κ1) is 20.6. The van der Waals surface area contributed by atoms with Gasteiger partial charge in [-0.3, -0.25) is 4.21 Å². The minimum absolute atomic E-state index is 0.264. The topological polar surface area (TPSA) is 46.2 Å². The lowest BCUT2D eigenvalue weighted by atomic mass is 10.1. The molecule has 0 saturated heterocycles. The lowest BCUT2D eigenvalue weighted by Gasteiger charge is -2.25. The normalized spacial score (nSPS) is 15.5.